The summed E-state index contributed by atoms with van der Waals surface area (Å²) in [6, 6.07) is 45.5. The SMILES string of the molecule is Cc1nc(C)nc(-c2ccc3c4ccccc4n(-c4ccc(-c5cccnc5)cc4-c4nc(-c5ccccc5)nc(-c5ccccc5)n4)c3c2)n1. The van der Waals surface area contributed by atoms with Crippen LogP contribution in [0.25, 0.3) is 84.2 Å². The first-order valence-corrected chi connectivity index (χ1v) is 16.7. The highest BCUT2D eigenvalue weighted by molar-refractivity contribution is 6.10. The van der Waals surface area contributed by atoms with Crippen LogP contribution in [0.1, 0.15) is 11.6 Å². The minimum absolute atomic E-state index is 0.564. The maximum atomic E-state index is 5.17. The van der Waals surface area contributed by atoms with Crippen LogP contribution in [0.3, 0.4) is 0 Å². The van der Waals surface area contributed by atoms with Crippen LogP contribution in [0, 0.1) is 13.8 Å². The molecular formula is C43H30N8. The number of pyridine rings is 1. The number of para-hydroxylation sites is 1. The molecule has 0 unspecified atom stereocenters. The zero-order valence-electron chi connectivity index (χ0n) is 27.9. The molecule has 0 spiro atoms. The monoisotopic (exact) mass is 658 g/mol. The molecule has 0 aliphatic carbocycles. The lowest BCUT2D eigenvalue weighted by Gasteiger charge is -2.16. The Balaban J connectivity index is 1.36. The molecule has 8 heteroatoms. The number of hydrogen-bond donors (Lipinski definition) is 0. The zero-order chi connectivity index (χ0) is 34.3. The van der Waals surface area contributed by atoms with Crippen molar-refractivity contribution in [1.29, 1.82) is 0 Å². The van der Waals surface area contributed by atoms with Crippen molar-refractivity contribution >= 4 is 21.8 Å². The van der Waals surface area contributed by atoms with E-state index < -0.39 is 0 Å². The fraction of sp³-hybridized carbons (Fsp3) is 0.0465. The van der Waals surface area contributed by atoms with Gasteiger partial charge in [-0.2, -0.15) is 0 Å². The van der Waals surface area contributed by atoms with E-state index in [1.165, 1.54) is 0 Å². The summed E-state index contributed by atoms with van der Waals surface area (Å²) in [5.74, 6) is 3.77. The van der Waals surface area contributed by atoms with Crippen LogP contribution in [-0.2, 0) is 0 Å². The molecule has 0 saturated carbocycles. The molecule has 0 N–H and O–H groups in total. The highest BCUT2D eigenvalue weighted by Gasteiger charge is 2.21. The van der Waals surface area contributed by atoms with E-state index in [0.717, 1.165) is 60.9 Å². The summed E-state index contributed by atoms with van der Waals surface area (Å²) in [7, 11) is 0. The van der Waals surface area contributed by atoms with E-state index in [4.69, 9.17) is 24.9 Å². The van der Waals surface area contributed by atoms with Gasteiger partial charge in [0.05, 0.1) is 16.7 Å². The Hall–Kier alpha value is -6.93. The van der Waals surface area contributed by atoms with Gasteiger partial charge in [0, 0.05) is 51.0 Å². The molecule has 0 atom stereocenters. The summed E-state index contributed by atoms with van der Waals surface area (Å²) in [5.41, 5.74) is 8.58. The third-order valence-corrected chi connectivity index (χ3v) is 8.96. The molecule has 51 heavy (non-hydrogen) atoms. The maximum Gasteiger partial charge on any atom is 0.166 e. The summed E-state index contributed by atoms with van der Waals surface area (Å²) in [6.07, 6.45) is 3.66. The standard InChI is InChI=1S/C43H30N8/c1-27-45-28(2)47-42(46-27)32-19-21-35-34-17-9-10-18-37(34)51(39(35)25-32)38-22-20-31(33-16-11-23-44-26-33)24-36(38)43-49-40(29-12-5-3-6-13-29)48-41(50-43)30-14-7-4-8-15-30/h3-26H,1-2H3. The van der Waals surface area contributed by atoms with Crippen LogP contribution in [0.2, 0.25) is 0 Å². The third kappa shape index (κ3) is 5.58. The normalized spacial score (nSPS) is 11.3. The number of fused-ring (bicyclic) bond motifs is 3. The smallest absolute Gasteiger partial charge is 0.166 e. The number of nitrogens with zero attached hydrogens (tertiary/aromatic N) is 8. The summed E-state index contributed by atoms with van der Waals surface area (Å²) >= 11 is 0. The van der Waals surface area contributed by atoms with Gasteiger partial charge in [0.1, 0.15) is 11.6 Å². The molecule has 9 rings (SSSR count). The largest absolute Gasteiger partial charge is 0.308 e. The van der Waals surface area contributed by atoms with Crippen molar-refractivity contribution < 1.29 is 0 Å². The molecule has 0 radical (unpaired) electrons. The van der Waals surface area contributed by atoms with Crippen LogP contribution >= 0.6 is 0 Å². The van der Waals surface area contributed by atoms with E-state index >= 15 is 0 Å². The Morgan fingerprint density at radius 1 is 0.412 bits per heavy atom. The van der Waals surface area contributed by atoms with Crippen molar-refractivity contribution in [3.8, 4) is 62.4 Å². The highest BCUT2D eigenvalue weighted by Crippen LogP contribution is 2.39. The second kappa shape index (κ2) is 12.5. The van der Waals surface area contributed by atoms with E-state index in [9.17, 15) is 0 Å². The number of hydrogen-bond acceptors (Lipinski definition) is 7. The second-order valence-electron chi connectivity index (χ2n) is 12.3. The van der Waals surface area contributed by atoms with Crippen LogP contribution in [-0.4, -0.2) is 39.5 Å². The average molecular weight is 659 g/mol. The summed E-state index contributed by atoms with van der Waals surface area (Å²) in [5, 5.41) is 2.25. The Labute approximate surface area is 294 Å². The predicted octanol–water partition coefficient (Wildman–Crippen LogP) is 9.50. The van der Waals surface area contributed by atoms with Gasteiger partial charge < -0.3 is 4.57 Å². The van der Waals surface area contributed by atoms with Crippen molar-refractivity contribution in [3.63, 3.8) is 0 Å². The van der Waals surface area contributed by atoms with Gasteiger partial charge in [0.15, 0.2) is 23.3 Å². The average Bonchev–Trinajstić information content (AvgIpc) is 3.51. The molecular weight excluding hydrogens is 629 g/mol. The minimum Gasteiger partial charge on any atom is -0.308 e. The fourth-order valence-corrected chi connectivity index (χ4v) is 6.67. The highest BCUT2D eigenvalue weighted by atomic mass is 15.1. The van der Waals surface area contributed by atoms with Crippen molar-refractivity contribution in [2.45, 2.75) is 13.8 Å². The topological polar surface area (TPSA) is 95.2 Å². The Morgan fingerprint density at radius 3 is 1.69 bits per heavy atom. The van der Waals surface area contributed by atoms with Crippen molar-refractivity contribution in [3.05, 3.63) is 158 Å². The van der Waals surface area contributed by atoms with Crippen molar-refractivity contribution in [1.82, 2.24) is 39.5 Å². The fourth-order valence-electron chi connectivity index (χ4n) is 6.67. The Kier molecular flexibility index (Phi) is 7.39. The number of aromatic nitrogens is 8. The van der Waals surface area contributed by atoms with Gasteiger partial charge in [-0.05, 0) is 49.7 Å². The Morgan fingerprint density at radius 2 is 1.00 bits per heavy atom. The summed E-state index contributed by atoms with van der Waals surface area (Å²) in [6.45, 7) is 3.79. The summed E-state index contributed by atoms with van der Waals surface area (Å²) < 4.78 is 2.30. The molecule has 5 aromatic carbocycles. The molecule has 0 bridgehead atoms. The third-order valence-electron chi connectivity index (χ3n) is 8.96. The first-order valence-electron chi connectivity index (χ1n) is 16.7. The molecule has 0 saturated heterocycles. The minimum atomic E-state index is 0.564. The molecule has 0 aliphatic heterocycles. The molecule has 242 valence electrons. The van der Waals surface area contributed by atoms with Crippen LogP contribution < -0.4 is 0 Å². The van der Waals surface area contributed by atoms with Gasteiger partial charge in [-0.3, -0.25) is 4.98 Å². The lowest BCUT2D eigenvalue weighted by molar-refractivity contribution is 0.928. The first kappa shape index (κ1) is 30.2. The first-order chi connectivity index (χ1) is 25.1. The van der Waals surface area contributed by atoms with E-state index in [-0.39, 0.29) is 0 Å². The van der Waals surface area contributed by atoms with E-state index in [2.05, 4.69) is 81.3 Å². The van der Waals surface area contributed by atoms with E-state index in [1.54, 1.807) is 6.20 Å². The van der Waals surface area contributed by atoms with Gasteiger partial charge >= 0.3 is 0 Å². The van der Waals surface area contributed by atoms with Gasteiger partial charge in [-0.15, -0.1) is 0 Å². The summed E-state index contributed by atoms with van der Waals surface area (Å²) in [4.78, 5) is 33.5. The number of rotatable bonds is 6. The quantitative estimate of drug-likeness (QED) is 0.176. The van der Waals surface area contributed by atoms with Crippen LogP contribution in [0.4, 0.5) is 0 Å². The van der Waals surface area contributed by atoms with Crippen LogP contribution in [0.5, 0.6) is 0 Å². The molecule has 0 fully saturated rings. The van der Waals surface area contributed by atoms with Gasteiger partial charge in [-0.1, -0.05) is 103 Å². The zero-order valence-corrected chi connectivity index (χ0v) is 27.9. The van der Waals surface area contributed by atoms with Crippen molar-refractivity contribution in [2.75, 3.05) is 0 Å². The molecule has 8 nitrogen and oxygen atoms in total. The second-order valence-corrected chi connectivity index (χ2v) is 12.3. The molecule has 0 amide bonds. The van der Waals surface area contributed by atoms with Crippen molar-refractivity contribution in [2.24, 2.45) is 0 Å². The lowest BCUT2D eigenvalue weighted by Crippen LogP contribution is -2.04. The maximum absolute atomic E-state index is 5.17. The molecule has 0 aliphatic rings. The molecule has 4 heterocycles. The van der Waals surface area contributed by atoms with Gasteiger partial charge in [0.2, 0.25) is 0 Å². The molecule has 9 aromatic rings. The predicted molar refractivity (Wildman–Crippen MR) is 202 cm³/mol. The van der Waals surface area contributed by atoms with E-state index in [0.29, 0.717) is 34.9 Å². The van der Waals surface area contributed by atoms with E-state index in [1.807, 2.05) is 86.8 Å². The molecule has 4 aromatic heterocycles. The number of benzene rings is 5. The lowest BCUT2D eigenvalue weighted by atomic mass is 10.0. The number of aryl methyl sites for hydroxylation is 2. The Bertz CT molecular complexity index is 2630. The van der Waals surface area contributed by atoms with Crippen LogP contribution in [0.15, 0.2) is 146 Å². The van der Waals surface area contributed by atoms with Gasteiger partial charge in [-0.25, -0.2) is 29.9 Å². The van der Waals surface area contributed by atoms with Gasteiger partial charge in [0.25, 0.3) is 0 Å².